The average molecular weight is 274 g/mol. The van der Waals surface area contributed by atoms with Crippen LogP contribution in [-0.2, 0) is 22.7 Å². The maximum absolute atomic E-state index is 12.0. The first-order chi connectivity index (χ1) is 9.16. The molecule has 0 saturated carbocycles. The van der Waals surface area contributed by atoms with Crippen molar-refractivity contribution in [1.82, 2.24) is 0 Å². The van der Waals surface area contributed by atoms with E-state index in [1.54, 1.807) is 0 Å². The van der Waals surface area contributed by atoms with Crippen LogP contribution in [0.5, 0.6) is 0 Å². The lowest BCUT2D eigenvalue weighted by molar-refractivity contribution is 0.594. The molecule has 0 saturated heterocycles. The smallest absolute Gasteiger partial charge is 0.150 e. The third-order valence-electron chi connectivity index (χ3n) is 3.09. The topological polar surface area (TPSA) is 34.1 Å². The molecule has 0 fully saturated rings. The highest BCUT2D eigenvalue weighted by Gasteiger charge is 2.11. The molecule has 0 unspecified atom stereocenters. The molecular formula is C16H18O2S. The Balaban J connectivity index is 1.86. The number of hydrogen-bond acceptors (Lipinski definition) is 2. The van der Waals surface area contributed by atoms with Gasteiger partial charge in [0.05, 0.1) is 11.5 Å². The average Bonchev–Trinajstić information content (AvgIpc) is 2.46. The van der Waals surface area contributed by atoms with Gasteiger partial charge in [0.1, 0.15) is 0 Å². The Labute approximate surface area is 115 Å². The molecule has 0 amide bonds. The largest absolute Gasteiger partial charge is 0.229 e. The van der Waals surface area contributed by atoms with Crippen LogP contribution in [0.25, 0.3) is 0 Å². The molecule has 0 aliphatic carbocycles. The van der Waals surface area contributed by atoms with Gasteiger partial charge in [0, 0.05) is 0 Å². The van der Waals surface area contributed by atoms with E-state index >= 15 is 0 Å². The lowest BCUT2D eigenvalue weighted by Gasteiger charge is -2.05. The van der Waals surface area contributed by atoms with Gasteiger partial charge in [-0.2, -0.15) is 0 Å². The van der Waals surface area contributed by atoms with Crippen molar-refractivity contribution < 1.29 is 8.42 Å². The molecule has 0 bridgehead atoms. The van der Waals surface area contributed by atoms with Gasteiger partial charge in [0.15, 0.2) is 9.84 Å². The summed E-state index contributed by atoms with van der Waals surface area (Å²) in [5, 5.41) is 0. The van der Waals surface area contributed by atoms with Crippen molar-refractivity contribution in [2.75, 3.05) is 11.5 Å². The molecule has 3 heteroatoms. The lowest BCUT2D eigenvalue weighted by atomic mass is 10.2. The van der Waals surface area contributed by atoms with E-state index in [-0.39, 0.29) is 11.5 Å². The number of aryl methyl sites for hydroxylation is 2. The molecule has 0 aliphatic heterocycles. The van der Waals surface area contributed by atoms with E-state index in [1.165, 1.54) is 0 Å². The highest BCUT2D eigenvalue weighted by atomic mass is 32.2. The summed E-state index contributed by atoms with van der Waals surface area (Å²) in [6.45, 7) is 0. The third-order valence-corrected chi connectivity index (χ3v) is 4.74. The Morgan fingerprint density at radius 2 is 1.00 bits per heavy atom. The summed E-state index contributed by atoms with van der Waals surface area (Å²) in [5.74, 6) is 0.452. The summed E-state index contributed by atoms with van der Waals surface area (Å²) in [6.07, 6.45) is 1.19. The van der Waals surface area contributed by atoms with Gasteiger partial charge < -0.3 is 0 Å². The molecule has 2 aromatic rings. The van der Waals surface area contributed by atoms with Gasteiger partial charge in [-0.05, 0) is 24.0 Å². The zero-order chi connectivity index (χ0) is 13.6. The molecule has 2 aromatic carbocycles. The Morgan fingerprint density at radius 3 is 1.37 bits per heavy atom. The second-order valence-electron chi connectivity index (χ2n) is 4.62. The van der Waals surface area contributed by atoms with E-state index in [1.807, 2.05) is 60.7 Å². The van der Waals surface area contributed by atoms with Crippen molar-refractivity contribution in [2.45, 2.75) is 12.8 Å². The number of rotatable bonds is 6. The first-order valence-electron chi connectivity index (χ1n) is 6.44. The van der Waals surface area contributed by atoms with Crippen molar-refractivity contribution >= 4 is 9.84 Å². The fourth-order valence-corrected chi connectivity index (χ4v) is 3.24. The highest BCUT2D eigenvalue weighted by molar-refractivity contribution is 7.91. The molecule has 0 atom stereocenters. The number of sulfone groups is 1. The zero-order valence-electron chi connectivity index (χ0n) is 10.8. The number of hydrogen-bond donors (Lipinski definition) is 0. The fourth-order valence-electron chi connectivity index (χ4n) is 1.94. The summed E-state index contributed by atoms with van der Waals surface area (Å²) in [7, 11) is -2.98. The minimum atomic E-state index is -2.98. The van der Waals surface area contributed by atoms with Crippen LogP contribution in [0.2, 0.25) is 0 Å². The van der Waals surface area contributed by atoms with E-state index in [4.69, 9.17) is 0 Å². The minimum Gasteiger partial charge on any atom is -0.229 e. The van der Waals surface area contributed by atoms with E-state index in [0.717, 1.165) is 11.1 Å². The highest BCUT2D eigenvalue weighted by Crippen LogP contribution is 2.06. The summed E-state index contributed by atoms with van der Waals surface area (Å²) >= 11 is 0. The van der Waals surface area contributed by atoms with Crippen LogP contribution in [0.15, 0.2) is 60.7 Å². The molecule has 100 valence electrons. The third kappa shape index (κ3) is 4.87. The standard InChI is InChI=1S/C16H18O2S/c17-19(18,13-11-15-7-3-1-4-8-15)14-12-16-9-5-2-6-10-16/h1-10H,11-14H2. The normalized spacial score (nSPS) is 11.4. The van der Waals surface area contributed by atoms with Crippen LogP contribution in [0, 0.1) is 0 Å². The van der Waals surface area contributed by atoms with Crippen LogP contribution < -0.4 is 0 Å². The summed E-state index contributed by atoms with van der Waals surface area (Å²) in [6, 6.07) is 19.5. The quantitative estimate of drug-likeness (QED) is 0.811. The van der Waals surface area contributed by atoms with Crippen molar-refractivity contribution in [2.24, 2.45) is 0 Å². The fraction of sp³-hybridized carbons (Fsp3) is 0.250. The molecule has 0 N–H and O–H groups in total. The molecular weight excluding hydrogens is 256 g/mol. The lowest BCUT2D eigenvalue weighted by Crippen LogP contribution is -2.14. The molecule has 19 heavy (non-hydrogen) atoms. The SMILES string of the molecule is O=S(=O)(CCc1ccccc1)CCc1ccccc1. The second-order valence-corrected chi connectivity index (χ2v) is 6.93. The van der Waals surface area contributed by atoms with Crippen molar-refractivity contribution in [3.63, 3.8) is 0 Å². The predicted molar refractivity (Wildman–Crippen MR) is 78.9 cm³/mol. The van der Waals surface area contributed by atoms with E-state index in [9.17, 15) is 8.42 Å². The molecule has 0 spiro atoms. The maximum Gasteiger partial charge on any atom is 0.150 e. The molecule has 2 nitrogen and oxygen atoms in total. The molecule has 0 aromatic heterocycles. The monoisotopic (exact) mass is 274 g/mol. The first-order valence-corrected chi connectivity index (χ1v) is 8.26. The molecule has 0 aliphatic rings. The van der Waals surface area contributed by atoms with Gasteiger partial charge in [-0.3, -0.25) is 0 Å². The van der Waals surface area contributed by atoms with Gasteiger partial charge >= 0.3 is 0 Å². The van der Waals surface area contributed by atoms with Crippen molar-refractivity contribution in [1.29, 1.82) is 0 Å². The minimum absolute atomic E-state index is 0.226. The maximum atomic E-state index is 12.0. The first kappa shape index (κ1) is 13.8. The Hall–Kier alpha value is -1.61. The van der Waals surface area contributed by atoms with Crippen LogP contribution in [0.1, 0.15) is 11.1 Å². The Morgan fingerprint density at radius 1 is 0.632 bits per heavy atom. The van der Waals surface area contributed by atoms with Crippen LogP contribution in [-0.4, -0.2) is 19.9 Å². The molecule has 2 rings (SSSR count). The predicted octanol–water partition coefficient (Wildman–Crippen LogP) is 2.89. The zero-order valence-corrected chi connectivity index (χ0v) is 11.6. The number of benzene rings is 2. The van der Waals surface area contributed by atoms with Gasteiger partial charge in [-0.1, -0.05) is 60.7 Å². The van der Waals surface area contributed by atoms with E-state index in [0.29, 0.717) is 12.8 Å². The Bertz CT molecular complexity index is 540. The van der Waals surface area contributed by atoms with Crippen molar-refractivity contribution in [3.05, 3.63) is 71.8 Å². The van der Waals surface area contributed by atoms with Gasteiger partial charge in [-0.25, -0.2) is 8.42 Å². The summed E-state index contributed by atoms with van der Waals surface area (Å²) < 4.78 is 24.0. The summed E-state index contributed by atoms with van der Waals surface area (Å²) in [4.78, 5) is 0. The van der Waals surface area contributed by atoms with Crippen LogP contribution in [0.3, 0.4) is 0 Å². The summed E-state index contributed by atoms with van der Waals surface area (Å²) in [5.41, 5.74) is 2.15. The second kappa shape index (κ2) is 6.53. The van der Waals surface area contributed by atoms with E-state index in [2.05, 4.69) is 0 Å². The molecule has 0 radical (unpaired) electrons. The van der Waals surface area contributed by atoms with Crippen molar-refractivity contribution in [3.8, 4) is 0 Å². The Kier molecular flexibility index (Phi) is 4.74. The van der Waals surface area contributed by atoms with Gasteiger partial charge in [0.2, 0.25) is 0 Å². The van der Waals surface area contributed by atoms with E-state index < -0.39 is 9.84 Å². The van der Waals surface area contributed by atoms with Crippen LogP contribution in [0.4, 0.5) is 0 Å². The van der Waals surface area contributed by atoms with Gasteiger partial charge in [0.25, 0.3) is 0 Å². The molecule has 0 heterocycles. The van der Waals surface area contributed by atoms with Crippen LogP contribution >= 0.6 is 0 Å². The van der Waals surface area contributed by atoms with Gasteiger partial charge in [-0.15, -0.1) is 0 Å².